The normalized spacial score (nSPS) is 14.4. The lowest BCUT2D eigenvalue weighted by Gasteiger charge is -2.23. The average molecular weight is 713 g/mol. The molecule has 9 aromatic rings. The van der Waals surface area contributed by atoms with Gasteiger partial charge in [0.25, 0.3) is 0 Å². The van der Waals surface area contributed by atoms with E-state index in [1.54, 1.807) is 0 Å². The van der Waals surface area contributed by atoms with Crippen molar-refractivity contribution in [1.82, 2.24) is 0 Å². The summed E-state index contributed by atoms with van der Waals surface area (Å²) >= 11 is 0. The summed E-state index contributed by atoms with van der Waals surface area (Å²) in [6.07, 6.45) is 17.2. The highest BCUT2D eigenvalue weighted by Gasteiger charge is 2.23. The third-order valence-corrected chi connectivity index (χ3v) is 11.3. The Labute approximate surface area is 328 Å². The summed E-state index contributed by atoms with van der Waals surface area (Å²) in [5.41, 5.74) is 11.3. The summed E-state index contributed by atoms with van der Waals surface area (Å²) in [4.78, 5) is 0. The van der Waals surface area contributed by atoms with Crippen LogP contribution < -0.4 is 0 Å². The largest absolute Gasteiger partial charge is 0.0830 e. The molecule has 0 saturated carbocycles. The van der Waals surface area contributed by atoms with Crippen molar-refractivity contribution < 1.29 is 0 Å². The van der Waals surface area contributed by atoms with Gasteiger partial charge in [0.2, 0.25) is 0 Å². The van der Waals surface area contributed by atoms with Crippen LogP contribution in [-0.2, 0) is 0 Å². The van der Waals surface area contributed by atoms with E-state index < -0.39 is 0 Å². The van der Waals surface area contributed by atoms with Crippen LogP contribution in [0.5, 0.6) is 0 Å². The molecule has 0 aromatic heterocycles. The van der Waals surface area contributed by atoms with Crippen LogP contribution in [0.3, 0.4) is 0 Å². The molecule has 0 fully saturated rings. The third kappa shape index (κ3) is 6.16. The lowest BCUT2D eigenvalue weighted by Crippen LogP contribution is -2.00. The van der Waals surface area contributed by atoms with Crippen molar-refractivity contribution in [2.24, 2.45) is 5.92 Å². The van der Waals surface area contributed by atoms with Gasteiger partial charge in [0.15, 0.2) is 0 Å². The van der Waals surface area contributed by atoms with Crippen LogP contribution in [-0.4, -0.2) is 0 Å². The molecule has 0 aliphatic heterocycles. The molecule has 0 heteroatoms. The van der Waals surface area contributed by atoms with Crippen LogP contribution in [0.2, 0.25) is 0 Å². The number of allylic oxidation sites excluding steroid dienone is 5. The van der Waals surface area contributed by atoms with E-state index in [1.807, 2.05) is 0 Å². The Kier molecular flexibility index (Phi) is 8.78. The van der Waals surface area contributed by atoms with E-state index in [4.69, 9.17) is 0 Å². The first-order chi connectivity index (χ1) is 27.8. The van der Waals surface area contributed by atoms with Crippen LogP contribution in [0.4, 0.5) is 0 Å². The molecule has 0 radical (unpaired) electrons. The van der Waals surface area contributed by atoms with Crippen LogP contribution >= 0.6 is 0 Å². The van der Waals surface area contributed by atoms with Crippen molar-refractivity contribution in [3.8, 4) is 22.3 Å². The van der Waals surface area contributed by atoms with Crippen molar-refractivity contribution in [1.29, 1.82) is 0 Å². The highest BCUT2D eigenvalue weighted by molar-refractivity contribution is 6.29. The zero-order valence-corrected chi connectivity index (χ0v) is 31.1. The maximum absolute atomic E-state index is 2.47. The van der Waals surface area contributed by atoms with Gasteiger partial charge in [-0.15, -0.1) is 0 Å². The molecular formula is C56H40. The lowest BCUT2D eigenvalue weighted by atomic mass is 9.80. The molecule has 264 valence electrons. The Morgan fingerprint density at radius 1 is 0.357 bits per heavy atom. The van der Waals surface area contributed by atoms with Crippen LogP contribution in [0.1, 0.15) is 28.7 Å². The van der Waals surface area contributed by atoms with Gasteiger partial charge in [-0.25, -0.2) is 0 Å². The average Bonchev–Trinajstić information content (AvgIpc) is 3.27. The number of benzene rings is 9. The first kappa shape index (κ1) is 33.5. The molecule has 0 N–H and O–H groups in total. The first-order valence-corrected chi connectivity index (χ1v) is 19.6. The second-order valence-corrected chi connectivity index (χ2v) is 14.7. The minimum Gasteiger partial charge on any atom is -0.0830 e. The van der Waals surface area contributed by atoms with Gasteiger partial charge in [0, 0.05) is 0 Å². The van der Waals surface area contributed by atoms with Gasteiger partial charge >= 0.3 is 0 Å². The fraction of sp³-hybridized carbons (Fsp3) is 0.0357. The molecule has 9 aromatic carbocycles. The Morgan fingerprint density at radius 3 is 1.29 bits per heavy atom. The van der Waals surface area contributed by atoms with Crippen molar-refractivity contribution in [2.75, 3.05) is 0 Å². The van der Waals surface area contributed by atoms with Crippen LogP contribution in [0.25, 0.3) is 89.1 Å². The molecule has 0 spiro atoms. The SMILES string of the molecule is C1=CC(c2c3ccccc3c(-c3c4ccccc4c(-c4cccc(/C=C/c5ccccc5)c4)c4ccccc34)c3ccccc23)=CC(/C=C/c2ccccc2)C1. The molecule has 56 heavy (non-hydrogen) atoms. The molecule has 1 atom stereocenters. The van der Waals surface area contributed by atoms with Crippen molar-refractivity contribution in [2.45, 2.75) is 6.42 Å². The predicted octanol–water partition coefficient (Wildman–Crippen LogP) is 15.5. The van der Waals surface area contributed by atoms with Gasteiger partial charge in [0.05, 0.1) is 0 Å². The Bertz CT molecular complexity index is 2920. The van der Waals surface area contributed by atoms with Crippen LogP contribution in [0.15, 0.2) is 206 Å². The molecule has 0 bridgehead atoms. The summed E-state index contributed by atoms with van der Waals surface area (Å²) in [6.45, 7) is 0. The molecule has 1 aliphatic carbocycles. The number of hydrogen-bond acceptors (Lipinski definition) is 0. The summed E-state index contributed by atoms with van der Waals surface area (Å²) in [5, 5.41) is 10.1. The predicted molar refractivity (Wildman–Crippen MR) is 243 cm³/mol. The van der Waals surface area contributed by atoms with Crippen molar-refractivity contribution in [3.63, 3.8) is 0 Å². The van der Waals surface area contributed by atoms with E-state index >= 15 is 0 Å². The van der Waals surface area contributed by atoms with E-state index in [2.05, 4.69) is 225 Å². The van der Waals surface area contributed by atoms with Gasteiger partial charge in [-0.1, -0.05) is 218 Å². The van der Waals surface area contributed by atoms with E-state index in [0.717, 1.165) is 6.42 Å². The second-order valence-electron chi connectivity index (χ2n) is 14.7. The monoisotopic (exact) mass is 712 g/mol. The molecule has 0 heterocycles. The molecular weight excluding hydrogens is 673 g/mol. The van der Waals surface area contributed by atoms with E-state index in [9.17, 15) is 0 Å². The standard InChI is InChI=1S/C56H40/c1-3-17-39(18-4-1)33-35-41-21-15-23-43(37-41)53-45-25-7-11-29-49(45)55(50-30-12-8-26-46(50)53)56-51-31-13-9-27-47(51)54(48-28-10-14-32-52(48)56)44-24-16-22-42(38-44)36-34-40-19-5-2-6-20-40/h1-21,23-38,42H,22H2/b35-33+,36-34+. The van der Waals surface area contributed by atoms with Gasteiger partial charge in [-0.3, -0.25) is 0 Å². The fourth-order valence-corrected chi connectivity index (χ4v) is 8.78. The number of fused-ring (bicyclic) bond motifs is 4. The molecule has 1 unspecified atom stereocenters. The minimum atomic E-state index is 0.320. The van der Waals surface area contributed by atoms with Crippen molar-refractivity contribution in [3.05, 3.63) is 229 Å². The van der Waals surface area contributed by atoms with Gasteiger partial charge < -0.3 is 0 Å². The van der Waals surface area contributed by atoms with E-state index in [-0.39, 0.29) is 0 Å². The summed E-state index contributed by atoms with van der Waals surface area (Å²) in [6, 6.07) is 66.3. The zero-order chi connectivity index (χ0) is 37.3. The number of hydrogen-bond donors (Lipinski definition) is 0. The molecule has 10 rings (SSSR count). The minimum absolute atomic E-state index is 0.320. The van der Waals surface area contributed by atoms with Crippen LogP contribution in [0, 0.1) is 5.92 Å². The Hall–Kier alpha value is -7.02. The van der Waals surface area contributed by atoms with Gasteiger partial charge in [0.1, 0.15) is 0 Å². The third-order valence-electron chi connectivity index (χ3n) is 11.3. The summed E-state index contributed by atoms with van der Waals surface area (Å²) < 4.78 is 0. The highest BCUT2D eigenvalue weighted by atomic mass is 14.3. The smallest absolute Gasteiger partial charge is 0.000631 e. The number of rotatable bonds is 7. The summed E-state index contributed by atoms with van der Waals surface area (Å²) in [5.74, 6) is 0.320. The quantitative estimate of drug-likeness (QED) is 0.114. The molecule has 0 saturated heterocycles. The van der Waals surface area contributed by atoms with E-state index in [0.29, 0.717) is 5.92 Å². The second kappa shape index (κ2) is 14.7. The Balaban J connectivity index is 1.20. The highest BCUT2D eigenvalue weighted by Crippen LogP contribution is 2.49. The fourth-order valence-electron chi connectivity index (χ4n) is 8.78. The topological polar surface area (TPSA) is 0 Å². The van der Waals surface area contributed by atoms with E-state index in [1.165, 1.54) is 93.2 Å². The summed E-state index contributed by atoms with van der Waals surface area (Å²) in [7, 11) is 0. The lowest BCUT2D eigenvalue weighted by molar-refractivity contribution is 0.830. The van der Waals surface area contributed by atoms with Crippen molar-refractivity contribution >= 4 is 66.9 Å². The van der Waals surface area contributed by atoms with Gasteiger partial charge in [-0.05, 0) is 112 Å². The Morgan fingerprint density at radius 2 is 0.768 bits per heavy atom. The maximum atomic E-state index is 2.47. The van der Waals surface area contributed by atoms with Gasteiger partial charge in [-0.2, -0.15) is 0 Å². The maximum Gasteiger partial charge on any atom is -0.000631 e. The first-order valence-electron chi connectivity index (χ1n) is 19.6. The molecule has 0 nitrogen and oxygen atoms in total. The zero-order valence-electron chi connectivity index (χ0n) is 31.1. The molecule has 1 aliphatic rings. The molecule has 0 amide bonds.